The molecule has 1 fully saturated rings. The average molecular weight is 404 g/mol. The highest BCUT2D eigenvalue weighted by atomic mass is 32.1. The summed E-state index contributed by atoms with van der Waals surface area (Å²) in [5.74, 6) is 0.661. The van der Waals surface area contributed by atoms with Crippen LogP contribution in [-0.2, 0) is 11.2 Å². The lowest BCUT2D eigenvalue weighted by atomic mass is 9.98. The van der Waals surface area contributed by atoms with Crippen LogP contribution in [0.25, 0.3) is 21.1 Å². The van der Waals surface area contributed by atoms with Gasteiger partial charge in [-0.2, -0.15) is 0 Å². The van der Waals surface area contributed by atoms with Crippen LogP contribution in [0.1, 0.15) is 42.2 Å². The number of aromatic nitrogens is 2. The van der Waals surface area contributed by atoms with Crippen molar-refractivity contribution in [3.63, 3.8) is 0 Å². The van der Waals surface area contributed by atoms with Crippen molar-refractivity contribution in [2.75, 3.05) is 13.1 Å². The molecule has 1 aliphatic rings. The van der Waals surface area contributed by atoms with E-state index in [9.17, 15) is 4.79 Å². The summed E-state index contributed by atoms with van der Waals surface area (Å²) in [5, 5.41) is 2.45. The number of nitrogens with one attached hydrogen (secondary N) is 1. The van der Waals surface area contributed by atoms with Gasteiger partial charge in [-0.05, 0) is 49.4 Å². The molecule has 0 radical (unpaired) electrons. The highest BCUT2D eigenvalue weighted by Crippen LogP contribution is 2.33. The summed E-state index contributed by atoms with van der Waals surface area (Å²) in [5.41, 5.74) is 3.55. The average Bonchev–Trinajstić information content (AvgIpc) is 3.38. The summed E-state index contributed by atoms with van der Waals surface area (Å²) in [6.07, 6.45) is 6.72. The molecule has 29 heavy (non-hydrogen) atoms. The normalized spacial score (nSPS) is 17.2. The minimum atomic E-state index is 0.288. The van der Waals surface area contributed by atoms with Crippen molar-refractivity contribution < 1.29 is 4.79 Å². The Labute approximate surface area is 174 Å². The molecule has 1 aliphatic heterocycles. The molecule has 5 heteroatoms. The summed E-state index contributed by atoms with van der Waals surface area (Å²) in [6.45, 7) is 1.69. The van der Waals surface area contributed by atoms with Gasteiger partial charge in [0.15, 0.2) is 0 Å². The Kier molecular flexibility index (Phi) is 5.06. The molecule has 1 amide bonds. The number of hydrogen-bond donors (Lipinski definition) is 1. The standard InChI is InChI=1S/C24H25N3OS/c28-23(13-5-7-17-15-25-20-10-2-1-9-19(17)20)27-14-6-8-18(16-27)24-26-21-11-3-4-12-22(21)29-24/h1-4,9-12,15,18,25H,5-8,13-14,16H2/t18-/m1/s1. The van der Waals surface area contributed by atoms with E-state index in [-0.39, 0.29) is 5.91 Å². The van der Waals surface area contributed by atoms with Gasteiger partial charge in [-0.15, -0.1) is 11.3 Å². The first-order valence-corrected chi connectivity index (χ1v) is 11.3. The molecule has 1 N–H and O–H groups in total. The van der Waals surface area contributed by atoms with Crippen molar-refractivity contribution in [2.45, 2.75) is 38.0 Å². The second kappa shape index (κ2) is 7.99. The fourth-order valence-corrected chi connectivity index (χ4v) is 5.49. The Balaban J connectivity index is 1.19. The van der Waals surface area contributed by atoms with E-state index < -0.39 is 0 Å². The van der Waals surface area contributed by atoms with E-state index in [2.05, 4.69) is 52.5 Å². The molecule has 4 nitrogen and oxygen atoms in total. The van der Waals surface area contributed by atoms with Crippen molar-refractivity contribution in [1.29, 1.82) is 0 Å². The van der Waals surface area contributed by atoms with Crippen molar-refractivity contribution in [1.82, 2.24) is 14.9 Å². The monoisotopic (exact) mass is 403 g/mol. The topological polar surface area (TPSA) is 49.0 Å². The van der Waals surface area contributed by atoms with Crippen molar-refractivity contribution in [3.8, 4) is 0 Å². The zero-order valence-electron chi connectivity index (χ0n) is 16.4. The molecule has 1 saturated heterocycles. The molecular weight excluding hydrogens is 378 g/mol. The number of likely N-dealkylation sites (tertiary alicyclic amines) is 1. The maximum atomic E-state index is 12.8. The smallest absolute Gasteiger partial charge is 0.222 e. The molecule has 5 rings (SSSR count). The molecule has 4 aromatic rings. The molecule has 0 aliphatic carbocycles. The predicted molar refractivity (Wildman–Crippen MR) is 119 cm³/mol. The van der Waals surface area contributed by atoms with Crippen LogP contribution in [0.15, 0.2) is 54.7 Å². The van der Waals surface area contributed by atoms with Gasteiger partial charge in [0.05, 0.1) is 15.2 Å². The maximum absolute atomic E-state index is 12.8. The van der Waals surface area contributed by atoms with Crippen LogP contribution in [-0.4, -0.2) is 33.9 Å². The quantitative estimate of drug-likeness (QED) is 0.478. The van der Waals surface area contributed by atoms with Crippen LogP contribution >= 0.6 is 11.3 Å². The minimum absolute atomic E-state index is 0.288. The van der Waals surface area contributed by atoms with Gasteiger partial charge >= 0.3 is 0 Å². The number of benzene rings is 2. The van der Waals surface area contributed by atoms with Gasteiger partial charge in [-0.3, -0.25) is 4.79 Å². The Hall–Kier alpha value is -2.66. The summed E-state index contributed by atoms with van der Waals surface area (Å²) in [6, 6.07) is 16.7. The van der Waals surface area contributed by atoms with E-state index >= 15 is 0 Å². The highest BCUT2D eigenvalue weighted by Gasteiger charge is 2.26. The summed E-state index contributed by atoms with van der Waals surface area (Å²) in [7, 11) is 0. The third-order valence-electron chi connectivity index (χ3n) is 5.95. The first-order chi connectivity index (χ1) is 14.3. The lowest BCUT2D eigenvalue weighted by Crippen LogP contribution is -2.39. The van der Waals surface area contributed by atoms with Crippen LogP contribution in [0, 0.1) is 0 Å². The minimum Gasteiger partial charge on any atom is -0.361 e. The number of piperidine rings is 1. The fourth-order valence-electron chi connectivity index (χ4n) is 4.40. The molecule has 0 unspecified atom stereocenters. The number of aryl methyl sites for hydroxylation is 1. The molecule has 0 bridgehead atoms. The summed E-state index contributed by atoms with van der Waals surface area (Å²) >= 11 is 1.78. The number of carbonyl (C=O) groups is 1. The first kappa shape index (κ1) is 18.4. The van der Waals surface area contributed by atoms with Crippen molar-refractivity contribution >= 4 is 38.4 Å². The van der Waals surface area contributed by atoms with Crippen molar-refractivity contribution in [2.24, 2.45) is 0 Å². The lowest BCUT2D eigenvalue weighted by Gasteiger charge is -2.32. The highest BCUT2D eigenvalue weighted by molar-refractivity contribution is 7.18. The van der Waals surface area contributed by atoms with E-state index in [1.807, 2.05) is 12.1 Å². The number of thiazole rings is 1. The molecular formula is C24H25N3OS. The molecule has 0 spiro atoms. The summed E-state index contributed by atoms with van der Waals surface area (Å²) < 4.78 is 1.24. The van der Waals surface area contributed by atoms with Gasteiger partial charge in [-0.1, -0.05) is 30.3 Å². The second-order valence-corrected chi connectivity index (χ2v) is 8.97. The van der Waals surface area contributed by atoms with Gasteiger partial charge in [0.25, 0.3) is 0 Å². The van der Waals surface area contributed by atoms with Gasteiger partial charge in [0.2, 0.25) is 5.91 Å². The fraction of sp³-hybridized carbons (Fsp3) is 0.333. The number of carbonyl (C=O) groups excluding carboxylic acids is 1. The summed E-state index contributed by atoms with van der Waals surface area (Å²) in [4.78, 5) is 23.1. The number of nitrogens with zero attached hydrogens (tertiary/aromatic N) is 2. The van der Waals surface area contributed by atoms with E-state index in [1.54, 1.807) is 11.3 Å². The van der Waals surface area contributed by atoms with E-state index in [4.69, 9.17) is 4.98 Å². The number of H-pyrrole nitrogens is 1. The number of para-hydroxylation sites is 2. The molecule has 2 aromatic carbocycles. The molecule has 148 valence electrons. The molecule has 2 aromatic heterocycles. The number of hydrogen-bond acceptors (Lipinski definition) is 3. The van der Waals surface area contributed by atoms with Crippen LogP contribution in [0.3, 0.4) is 0 Å². The molecule has 3 heterocycles. The zero-order valence-corrected chi connectivity index (χ0v) is 17.3. The van der Waals surface area contributed by atoms with Crippen LogP contribution in [0.4, 0.5) is 0 Å². The van der Waals surface area contributed by atoms with E-state index in [1.165, 1.54) is 26.2 Å². The zero-order chi connectivity index (χ0) is 19.6. The van der Waals surface area contributed by atoms with Crippen LogP contribution < -0.4 is 0 Å². The van der Waals surface area contributed by atoms with E-state index in [0.29, 0.717) is 12.3 Å². The lowest BCUT2D eigenvalue weighted by molar-refractivity contribution is -0.132. The number of rotatable bonds is 5. The number of fused-ring (bicyclic) bond motifs is 2. The maximum Gasteiger partial charge on any atom is 0.222 e. The number of aromatic amines is 1. The largest absolute Gasteiger partial charge is 0.361 e. The Morgan fingerprint density at radius 1 is 1.17 bits per heavy atom. The predicted octanol–water partition coefficient (Wildman–Crippen LogP) is 5.51. The Morgan fingerprint density at radius 2 is 2.03 bits per heavy atom. The number of amides is 1. The third kappa shape index (κ3) is 3.79. The Morgan fingerprint density at radius 3 is 2.97 bits per heavy atom. The molecule has 1 atom stereocenters. The second-order valence-electron chi connectivity index (χ2n) is 7.91. The SMILES string of the molecule is O=C(CCCc1c[nH]c2ccccc12)N1CCC[C@@H](c2nc3ccccc3s2)C1. The first-order valence-electron chi connectivity index (χ1n) is 10.5. The van der Waals surface area contributed by atoms with Gasteiger partial charge in [-0.25, -0.2) is 4.98 Å². The van der Waals surface area contributed by atoms with Gasteiger partial charge in [0, 0.05) is 42.5 Å². The third-order valence-corrected chi connectivity index (χ3v) is 7.14. The van der Waals surface area contributed by atoms with Crippen LogP contribution in [0.5, 0.6) is 0 Å². The van der Waals surface area contributed by atoms with Crippen molar-refractivity contribution in [3.05, 3.63) is 65.3 Å². The van der Waals surface area contributed by atoms with Crippen LogP contribution in [0.2, 0.25) is 0 Å². The van der Waals surface area contributed by atoms with Gasteiger partial charge in [0.1, 0.15) is 0 Å². The Bertz CT molecular complexity index is 1110. The van der Waals surface area contributed by atoms with E-state index in [0.717, 1.165) is 44.3 Å². The molecule has 0 saturated carbocycles. The van der Waals surface area contributed by atoms with Gasteiger partial charge < -0.3 is 9.88 Å².